The van der Waals surface area contributed by atoms with Crippen LogP contribution in [-0.4, -0.2) is 40.4 Å². The van der Waals surface area contributed by atoms with Crippen LogP contribution >= 0.6 is 0 Å². The highest BCUT2D eigenvalue weighted by molar-refractivity contribution is 5.89. The van der Waals surface area contributed by atoms with Gasteiger partial charge in [-0.25, -0.2) is 19.2 Å². The van der Waals surface area contributed by atoms with Gasteiger partial charge in [-0.05, 0) is 19.1 Å². The molecule has 0 fully saturated rings. The first-order chi connectivity index (χ1) is 12.4. The summed E-state index contributed by atoms with van der Waals surface area (Å²) < 4.78 is 2.52. The minimum atomic E-state index is -0.816. The number of carbonyl (C=O) groups is 1. The molecule has 0 bridgehead atoms. The largest absolute Gasteiger partial charge is 0.387 e. The van der Waals surface area contributed by atoms with E-state index in [-0.39, 0.29) is 18.0 Å². The van der Waals surface area contributed by atoms with Crippen LogP contribution in [-0.2, 0) is 11.3 Å². The van der Waals surface area contributed by atoms with E-state index in [0.717, 1.165) is 4.68 Å². The van der Waals surface area contributed by atoms with Crippen LogP contribution in [0.1, 0.15) is 44.3 Å². The normalized spacial score (nSPS) is 12.5. The number of aliphatic hydroxyl groups excluding tert-OH is 1. The Hall–Kier alpha value is -3.14. The molecule has 3 aromatic rings. The molecule has 26 heavy (non-hydrogen) atoms. The highest BCUT2D eigenvalue weighted by atomic mass is 16.3. The maximum atomic E-state index is 12.7. The maximum absolute atomic E-state index is 12.7. The van der Waals surface area contributed by atoms with Crippen LogP contribution in [0.4, 0.5) is 5.82 Å². The van der Waals surface area contributed by atoms with Gasteiger partial charge in [0.2, 0.25) is 5.91 Å². The van der Waals surface area contributed by atoms with E-state index >= 15 is 0 Å². The van der Waals surface area contributed by atoms with E-state index in [2.05, 4.69) is 25.5 Å². The van der Waals surface area contributed by atoms with Crippen molar-refractivity contribution in [3.8, 4) is 0 Å². The van der Waals surface area contributed by atoms with Crippen LogP contribution in [0.3, 0.4) is 0 Å². The fourth-order valence-electron chi connectivity index (χ4n) is 2.42. The molecule has 2 N–H and O–H groups in total. The predicted molar refractivity (Wildman–Crippen MR) is 92.6 cm³/mol. The SMILES string of the molecule is CC(C)c1nn(CC(=O)Nc2ccncn2)c(=O)c2cc(C(C)O)nn12. The highest BCUT2D eigenvalue weighted by Crippen LogP contribution is 2.16. The Morgan fingerprint density at radius 1 is 1.31 bits per heavy atom. The Morgan fingerprint density at radius 2 is 2.08 bits per heavy atom. The number of aliphatic hydroxyl groups is 1. The molecule has 3 aromatic heterocycles. The summed E-state index contributed by atoms with van der Waals surface area (Å²) in [5.41, 5.74) is 0.162. The van der Waals surface area contributed by atoms with E-state index in [4.69, 9.17) is 0 Å². The number of hydrogen-bond donors (Lipinski definition) is 2. The van der Waals surface area contributed by atoms with Gasteiger partial charge in [-0.1, -0.05) is 13.8 Å². The second kappa shape index (κ2) is 7.00. The smallest absolute Gasteiger partial charge is 0.293 e. The first-order valence-electron chi connectivity index (χ1n) is 8.11. The number of nitrogens with one attached hydrogen (secondary N) is 1. The quantitative estimate of drug-likeness (QED) is 0.680. The van der Waals surface area contributed by atoms with E-state index in [1.807, 2.05) is 13.8 Å². The number of amides is 1. The van der Waals surface area contributed by atoms with E-state index in [9.17, 15) is 14.7 Å². The zero-order chi connectivity index (χ0) is 18.8. The molecule has 10 nitrogen and oxygen atoms in total. The molecule has 0 aliphatic carbocycles. The lowest BCUT2D eigenvalue weighted by Crippen LogP contribution is -2.32. The first-order valence-corrected chi connectivity index (χ1v) is 8.11. The Labute approximate surface area is 148 Å². The maximum Gasteiger partial charge on any atom is 0.293 e. The van der Waals surface area contributed by atoms with E-state index in [0.29, 0.717) is 17.3 Å². The highest BCUT2D eigenvalue weighted by Gasteiger charge is 2.19. The van der Waals surface area contributed by atoms with Gasteiger partial charge in [-0.15, -0.1) is 0 Å². The molecule has 0 radical (unpaired) electrons. The number of carbonyl (C=O) groups excluding carboxylic acids is 1. The number of anilines is 1. The van der Waals surface area contributed by atoms with Crippen LogP contribution in [0.15, 0.2) is 29.5 Å². The minimum absolute atomic E-state index is 0.0453. The molecule has 0 aliphatic heterocycles. The molecule has 1 amide bonds. The van der Waals surface area contributed by atoms with Gasteiger partial charge in [0.05, 0.1) is 11.8 Å². The molecule has 0 spiro atoms. The van der Waals surface area contributed by atoms with Gasteiger partial charge in [0, 0.05) is 12.1 Å². The lowest BCUT2D eigenvalue weighted by atomic mass is 10.2. The summed E-state index contributed by atoms with van der Waals surface area (Å²) in [6, 6.07) is 3.06. The van der Waals surface area contributed by atoms with Crippen molar-refractivity contribution < 1.29 is 9.90 Å². The lowest BCUT2D eigenvalue weighted by Gasteiger charge is -2.11. The summed E-state index contributed by atoms with van der Waals surface area (Å²) in [5.74, 6) is 0.369. The van der Waals surface area contributed by atoms with Crippen molar-refractivity contribution in [3.63, 3.8) is 0 Å². The Kier molecular flexibility index (Phi) is 4.76. The molecule has 1 atom stereocenters. The van der Waals surface area contributed by atoms with Crippen molar-refractivity contribution in [1.82, 2.24) is 29.4 Å². The topological polar surface area (TPSA) is 127 Å². The second-order valence-electron chi connectivity index (χ2n) is 6.16. The van der Waals surface area contributed by atoms with Crippen LogP contribution in [0.5, 0.6) is 0 Å². The molecule has 10 heteroatoms. The van der Waals surface area contributed by atoms with Crippen molar-refractivity contribution in [3.05, 3.63) is 46.5 Å². The Morgan fingerprint density at radius 3 is 2.69 bits per heavy atom. The van der Waals surface area contributed by atoms with E-state index < -0.39 is 17.6 Å². The predicted octanol–water partition coefficient (Wildman–Crippen LogP) is 0.496. The fourth-order valence-corrected chi connectivity index (χ4v) is 2.42. The van der Waals surface area contributed by atoms with Gasteiger partial charge in [0.25, 0.3) is 5.56 Å². The zero-order valence-corrected chi connectivity index (χ0v) is 14.6. The average molecular weight is 357 g/mol. The van der Waals surface area contributed by atoms with E-state index in [1.165, 1.54) is 23.1 Å². The number of nitrogens with zero attached hydrogens (tertiary/aromatic N) is 6. The number of hydrogen-bond acceptors (Lipinski definition) is 7. The standard InChI is InChI=1S/C16H19N7O3/c1-9(2)15-21-22(7-14(25)19-13-4-5-17-8-18-13)16(26)12-6-11(10(3)24)20-23(12)15/h4-6,8-10,24H,7H2,1-3H3,(H,17,18,19,25). The Bertz CT molecular complexity index is 992. The summed E-state index contributed by atoms with van der Waals surface area (Å²) in [7, 11) is 0. The molecule has 0 aliphatic rings. The third kappa shape index (κ3) is 3.45. The molecular formula is C16H19N7O3. The van der Waals surface area contributed by atoms with Crippen LogP contribution in [0, 0.1) is 0 Å². The molecule has 0 saturated heterocycles. The molecular weight excluding hydrogens is 338 g/mol. The number of fused-ring (bicyclic) bond motifs is 1. The second-order valence-corrected chi connectivity index (χ2v) is 6.16. The van der Waals surface area contributed by atoms with Crippen LogP contribution in [0.2, 0.25) is 0 Å². The van der Waals surface area contributed by atoms with Crippen molar-refractivity contribution in [1.29, 1.82) is 0 Å². The van der Waals surface area contributed by atoms with Crippen LogP contribution in [0.25, 0.3) is 5.52 Å². The summed E-state index contributed by atoms with van der Waals surface area (Å²) in [5, 5.41) is 20.9. The van der Waals surface area contributed by atoms with Gasteiger partial charge in [0.1, 0.15) is 24.2 Å². The minimum Gasteiger partial charge on any atom is -0.387 e. The van der Waals surface area contributed by atoms with Gasteiger partial charge in [-0.3, -0.25) is 9.59 Å². The third-order valence-electron chi connectivity index (χ3n) is 3.71. The summed E-state index contributed by atoms with van der Waals surface area (Å²) in [6.07, 6.45) is 2.00. The monoisotopic (exact) mass is 357 g/mol. The summed E-state index contributed by atoms with van der Waals surface area (Å²) in [6.45, 7) is 5.11. The molecule has 3 rings (SSSR count). The van der Waals surface area contributed by atoms with Crippen molar-refractivity contribution in [2.45, 2.75) is 39.3 Å². The number of aromatic nitrogens is 6. The van der Waals surface area contributed by atoms with Crippen molar-refractivity contribution in [2.75, 3.05) is 5.32 Å². The lowest BCUT2D eigenvalue weighted by molar-refractivity contribution is -0.117. The fraction of sp³-hybridized carbons (Fsp3) is 0.375. The van der Waals surface area contributed by atoms with Gasteiger partial charge >= 0.3 is 0 Å². The molecule has 3 heterocycles. The van der Waals surface area contributed by atoms with E-state index in [1.54, 1.807) is 13.0 Å². The van der Waals surface area contributed by atoms with Gasteiger partial charge < -0.3 is 10.4 Å². The molecule has 0 saturated carbocycles. The summed E-state index contributed by atoms with van der Waals surface area (Å²) >= 11 is 0. The molecule has 136 valence electrons. The third-order valence-corrected chi connectivity index (χ3v) is 3.71. The van der Waals surface area contributed by atoms with Gasteiger partial charge in [0.15, 0.2) is 5.82 Å². The Balaban J connectivity index is 1.99. The summed E-state index contributed by atoms with van der Waals surface area (Å²) in [4.78, 5) is 32.6. The number of rotatable bonds is 5. The molecule has 0 aromatic carbocycles. The molecule has 1 unspecified atom stereocenters. The first kappa shape index (κ1) is 17.7. The van der Waals surface area contributed by atoms with Crippen molar-refractivity contribution in [2.24, 2.45) is 0 Å². The average Bonchev–Trinajstić information content (AvgIpc) is 3.04. The van der Waals surface area contributed by atoms with Crippen LogP contribution < -0.4 is 10.9 Å². The van der Waals surface area contributed by atoms with Gasteiger partial charge in [-0.2, -0.15) is 10.2 Å². The van der Waals surface area contributed by atoms with Crippen molar-refractivity contribution >= 4 is 17.2 Å². The zero-order valence-electron chi connectivity index (χ0n) is 14.6.